The zero-order valence-corrected chi connectivity index (χ0v) is 9.31. The first kappa shape index (κ1) is 13.7. The van der Waals surface area contributed by atoms with Crippen molar-refractivity contribution < 1.29 is 13.5 Å². The van der Waals surface area contributed by atoms with E-state index in [9.17, 15) is 8.78 Å². The van der Waals surface area contributed by atoms with Gasteiger partial charge in [-0.25, -0.2) is 8.78 Å². The molecule has 0 aliphatic heterocycles. The molecule has 5 heteroatoms. The Morgan fingerprint density at radius 3 is 2.07 bits per heavy atom. The third-order valence-corrected chi connectivity index (χ3v) is 2.28. The molecular weight excluding hydrogens is 190 g/mol. The van der Waals surface area contributed by atoms with E-state index < -0.39 is 19.1 Å². The third kappa shape index (κ3) is 4.83. The van der Waals surface area contributed by atoms with Crippen molar-refractivity contribution in [1.29, 1.82) is 0 Å². The predicted octanol–water partition coefficient (Wildman–Crippen LogP) is 0.937. The van der Waals surface area contributed by atoms with Crippen LogP contribution in [0.5, 0.6) is 0 Å². The van der Waals surface area contributed by atoms with Crippen LogP contribution in [-0.4, -0.2) is 50.2 Å². The molecule has 0 aliphatic carbocycles. The molecule has 0 unspecified atom stereocenters. The predicted molar refractivity (Wildman–Crippen MR) is 52.6 cm³/mol. The van der Waals surface area contributed by atoms with Gasteiger partial charge in [0.05, 0.1) is 13.2 Å². The van der Waals surface area contributed by atoms with Crippen molar-refractivity contribution in [2.75, 3.05) is 33.9 Å². The SMILES string of the molecule is CN(C)C(C)(C)COCC(F)(F)CN. The second-order valence-corrected chi connectivity index (χ2v) is 4.26. The zero-order chi connectivity index (χ0) is 11.4. The van der Waals surface area contributed by atoms with Gasteiger partial charge in [0.1, 0.15) is 6.61 Å². The number of hydrogen-bond acceptors (Lipinski definition) is 3. The summed E-state index contributed by atoms with van der Waals surface area (Å²) in [6.45, 7) is 2.83. The average Bonchev–Trinajstić information content (AvgIpc) is 2.03. The molecule has 0 aliphatic rings. The van der Waals surface area contributed by atoms with Crippen LogP contribution in [-0.2, 0) is 4.74 Å². The molecule has 0 aromatic rings. The monoisotopic (exact) mass is 210 g/mol. The summed E-state index contributed by atoms with van der Waals surface area (Å²) in [5, 5.41) is 0. The van der Waals surface area contributed by atoms with E-state index in [0.29, 0.717) is 0 Å². The van der Waals surface area contributed by atoms with E-state index in [-0.39, 0.29) is 12.1 Å². The zero-order valence-electron chi connectivity index (χ0n) is 9.31. The van der Waals surface area contributed by atoms with Crippen molar-refractivity contribution in [3.8, 4) is 0 Å². The molecule has 0 radical (unpaired) electrons. The van der Waals surface area contributed by atoms with E-state index >= 15 is 0 Å². The number of rotatable bonds is 6. The van der Waals surface area contributed by atoms with Gasteiger partial charge in [-0.2, -0.15) is 0 Å². The number of hydrogen-bond donors (Lipinski definition) is 1. The highest BCUT2D eigenvalue weighted by atomic mass is 19.3. The summed E-state index contributed by atoms with van der Waals surface area (Å²) >= 11 is 0. The van der Waals surface area contributed by atoms with E-state index in [1.165, 1.54) is 0 Å². The number of alkyl halides is 2. The van der Waals surface area contributed by atoms with Gasteiger partial charge in [0, 0.05) is 5.54 Å². The quantitative estimate of drug-likeness (QED) is 0.709. The van der Waals surface area contributed by atoms with Gasteiger partial charge in [-0.1, -0.05) is 0 Å². The molecule has 0 fully saturated rings. The average molecular weight is 210 g/mol. The molecule has 2 N–H and O–H groups in total. The van der Waals surface area contributed by atoms with Crippen LogP contribution < -0.4 is 5.73 Å². The molecule has 0 saturated heterocycles. The molecule has 0 saturated carbocycles. The second kappa shape index (κ2) is 5.00. The van der Waals surface area contributed by atoms with E-state index in [1.54, 1.807) is 0 Å². The summed E-state index contributed by atoms with van der Waals surface area (Å²) in [5.41, 5.74) is 4.63. The van der Waals surface area contributed by atoms with Crippen LogP contribution >= 0.6 is 0 Å². The van der Waals surface area contributed by atoms with Crippen molar-refractivity contribution in [1.82, 2.24) is 4.90 Å². The minimum Gasteiger partial charge on any atom is -0.373 e. The molecule has 0 spiro atoms. The largest absolute Gasteiger partial charge is 0.373 e. The summed E-state index contributed by atoms with van der Waals surface area (Å²) in [6, 6.07) is 0. The fourth-order valence-corrected chi connectivity index (χ4v) is 0.638. The summed E-state index contributed by atoms with van der Waals surface area (Å²) < 4.78 is 30.3. The molecule has 86 valence electrons. The summed E-state index contributed by atoms with van der Waals surface area (Å²) in [7, 11) is 3.76. The van der Waals surface area contributed by atoms with E-state index in [2.05, 4.69) is 0 Å². The smallest absolute Gasteiger partial charge is 0.282 e. The lowest BCUT2D eigenvalue weighted by Gasteiger charge is -2.32. The van der Waals surface area contributed by atoms with Gasteiger partial charge in [-0.3, -0.25) is 0 Å². The topological polar surface area (TPSA) is 38.5 Å². The summed E-state index contributed by atoms with van der Waals surface area (Å²) in [5.74, 6) is -2.91. The summed E-state index contributed by atoms with van der Waals surface area (Å²) in [4.78, 5) is 1.92. The normalized spacial score (nSPS) is 13.7. The highest BCUT2D eigenvalue weighted by molar-refractivity contribution is 4.77. The standard InChI is InChI=1S/C9H20F2N2O/c1-8(2,13(3)4)6-14-7-9(10,11)5-12/h5-7,12H2,1-4H3. The molecule has 0 rings (SSSR count). The van der Waals surface area contributed by atoms with Crippen molar-refractivity contribution in [2.45, 2.75) is 25.3 Å². The first-order valence-electron chi connectivity index (χ1n) is 4.54. The lowest BCUT2D eigenvalue weighted by Crippen LogP contribution is -2.44. The Hall–Kier alpha value is -0.260. The Labute approximate surface area is 84.2 Å². The number of likely N-dealkylation sites (N-methyl/N-ethyl adjacent to an activating group) is 1. The first-order valence-corrected chi connectivity index (χ1v) is 4.54. The Kier molecular flexibility index (Phi) is 4.91. The number of nitrogens with zero attached hydrogens (tertiary/aromatic N) is 1. The van der Waals surface area contributed by atoms with Crippen LogP contribution in [0, 0.1) is 0 Å². The minimum atomic E-state index is -2.91. The lowest BCUT2D eigenvalue weighted by molar-refractivity contribution is -0.0862. The fraction of sp³-hybridized carbons (Fsp3) is 1.00. The van der Waals surface area contributed by atoms with Crippen LogP contribution in [0.4, 0.5) is 8.78 Å². The van der Waals surface area contributed by atoms with Crippen molar-refractivity contribution in [2.24, 2.45) is 5.73 Å². The van der Waals surface area contributed by atoms with Gasteiger partial charge in [-0.05, 0) is 27.9 Å². The third-order valence-electron chi connectivity index (χ3n) is 2.28. The molecule has 0 atom stereocenters. The highest BCUT2D eigenvalue weighted by Gasteiger charge is 2.29. The van der Waals surface area contributed by atoms with E-state index in [0.717, 1.165) is 0 Å². The van der Waals surface area contributed by atoms with Gasteiger partial charge in [0.2, 0.25) is 0 Å². The molecule has 0 aromatic heterocycles. The van der Waals surface area contributed by atoms with Crippen molar-refractivity contribution in [3.05, 3.63) is 0 Å². The molecule has 0 bridgehead atoms. The van der Waals surface area contributed by atoms with Crippen molar-refractivity contribution in [3.63, 3.8) is 0 Å². The molecule has 0 heterocycles. The van der Waals surface area contributed by atoms with Gasteiger partial charge < -0.3 is 15.4 Å². The summed E-state index contributed by atoms with van der Waals surface area (Å²) in [6.07, 6.45) is 0. The number of nitrogens with two attached hydrogens (primary N) is 1. The number of halogens is 2. The lowest BCUT2D eigenvalue weighted by atomic mass is 10.1. The maximum Gasteiger partial charge on any atom is 0.282 e. The Balaban J connectivity index is 3.85. The van der Waals surface area contributed by atoms with Gasteiger partial charge in [0.15, 0.2) is 0 Å². The van der Waals surface area contributed by atoms with Gasteiger partial charge >= 0.3 is 0 Å². The molecule has 0 aromatic carbocycles. The van der Waals surface area contributed by atoms with Crippen LogP contribution in [0.3, 0.4) is 0 Å². The Bertz CT molecular complexity index is 172. The highest BCUT2D eigenvalue weighted by Crippen LogP contribution is 2.15. The minimum absolute atomic E-state index is 0.245. The maximum atomic E-state index is 12.7. The van der Waals surface area contributed by atoms with E-state index in [1.807, 2.05) is 32.8 Å². The van der Waals surface area contributed by atoms with E-state index in [4.69, 9.17) is 10.5 Å². The first-order chi connectivity index (χ1) is 6.21. The van der Waals surface area contributed by atoms with Gasteiger partial charge in [-0.15, -0.1) is 0 Å². The van der Waals surface area contributed by atoms with Crippen LogP contribution in [0.15, 0.2) is 0 Å². The molecule has 0 amide bonds. The maximum absolute atomic E-state index is 12.7. The van der Waals surface area contributed by atoms with Crippen LogP contribution in [0.1, 0.15) is 13.8 Å². The Morgan fingerprint density at radius 1 is 1.21 bits per heavy atom. The molecule has 3 nitrogen and oxygen atoms in total. The fourth-order valence-electron chi connectivity index (χ4n) is 0.638. The number of ether oxygens (including phenoxy) is 1. The molecule has 14 heavy (non-hydrogen) atoms. The Morgan fingerprint density at radius 2 is 1.71 bits per heavy atom. The van der Waals surface area contributed by atoms with Crippen molar-refractivity contribution >= 4 is 0 Å². The van der Waals surface area contributed by atoms with Gasteiger partial charge in [0.25, 0.3) is 5.92 Å². The second-order valence-electron chi connectivity index (χ2n) is 4.26. The molecular formula is C9H20F2N2O. The van der Waals surface area contributed by atoms with Crippen LogP contribution in [0.2, 0.25) is 0 Å². The van der Waals surface area contributed by atoms with Crippen LogP contribution in [0.25, 0.3) is 0 Å².